The summed E-state index contributed by atoms with van der Waals surface area (Å²) in [6.07, 6.45) is 0. The predicted octanol–water partition coefficient (Wildman–Crippen LogP) is -0.565. The lowest BCUT2D eigenvalue weighted by molar-refractivity contribution is 0.516. The summed E-state index contributed by atoms with van der Waals surface area (Å²) in [5, 5.41) is 2.80. The third-order valence-corrected chi connectivity index (χ3v) is 6.09. The highest BCUT2D eigenvalue weighted by Gasteiger charge is 2.27. The molecule has 0 aromatic heterocycles. The van der Waals surface area contributed by atoms with Crippen LogP contribution in [0.1, 0.15) is 0 Å². The molecule has 0 saturated carbocycles. The summed E-state index contributed by atoms with van der Waals surface area (Å²) in [6.45, 7) is 0.622. The van der Waals surface area contributed by atoms with Crippen molar-refractivity contribution in [2.45, 2.75) is 9.79 Å². The van der Waals surface area contributed by atoms with E-state index in [0.717, 1.165) is 4.31 Å². The third kappa shape index (κ3) is 3.76. The number of hydrogen-bond donors (Lipinski definition) is 2. The number of rotatable bonds is 7. The molecule has 0 aliphatic carbocycles. The van der Waals surface area contributed by atoms with E-state index < -0.39 is 20.0 Å². The molecule has 0 aliphatic rings. The number of benzene rings is 1. The molecule has 114 valence electrons. The van der Waals surface area contributed by atoms with Crippen LogP contribution in [-0.2, 0) is 20.0 Å². The fourth-order valence-corrected chi connectivity index (χ4v) is 4.20. The predicted molar refractivity (Wildman–Crippen MR) is 76.4 cm³/mol. The second-order valence-corrected chi connectivity index (χ2v) is 8.09. The maximum Gasteiger partial charge on any atom is 0.243 e. The van der Waals surface area contributed by atoms with Crippen molar-refractivity contribution >= 4 is 20.0 Å². The summed E-state index contributed by atoms with van der Waals surface area (Å²) in [4.78, 5) is -0.480. The van der Waals surface area contributed by atoms with Gasteiger partial charge in [-0.15, -0.1) is 0 Å². The second-order valence-electron chi connectivity index (χ2n) is 4.24. The minimum atomic E-state index is -3.88. The first-order chi connectivity index (χ1) is 9.23. The van der Waals surface area contributed by atoms with Crippen LogP contribution in [0.3, 0.4) is 0 Å². The van der Waals surface area contributed by atoms with Gasteiger partial charge in [-0.1, -0.05) is 12.1 Å². The third-order valence-electron chi connectivity index (χ3n) is 2.56. The molecular formula is C11H19N3O4S2. The maximum atomic E-state index is 12.2. The van der Waals surface area contributed by atoms with Gasteiger partial charge >= 0.3 is 0 Å². The van der Waals surface area contributed by atoms with Crippen LogP contribution in [-0.4, -0.2) is 55.4 Å². The molecule has 0 amide bonds. The summed E-state index contributed by atoms with van der Waals surface area (Å²) < 4.78 is 52.0. The summed E-state index contributed by atoms with van der Waals surface area (Å²) in [5.41, 5.74) is 0. The molecule has 0 unspecified atom stereocenters. The number of nitrogens with zero attached hydrogens (tertiary/aromatic N) is 1. The minimum Gasteiger partial charge on any atom is -0.318 e. The molecule has 0 aliphatic heterocycles. The van der Waals surface area contributed by atoms with Crippen LogP contribution < -0.4 is 10.0 Å². The van der Waals surface area contributed by atoms with Gasteiger partial charge in [0, 0.05) is 27.2 Å². The SMILES string of the molecule is CNCCNS(=O)(=O)c1ccccc1S(=O)(=O)N(C)C. The smallest absolute Gasteiger partial charge is 0.243 e. The molecule has 9 heteroatoms. The molecular weight excluding hydrogens is 302 g/mol. The molecule has 1 aromatic carbocycles. The van der Waals surface area contributed by atoms with Gasteiger partial charge in [0.1, 0.15) is 9.79 Å². The van der Waals surface area contributed by atoms with Crippen molar-refractivity contribution in [3.8, 4) is 0 Å². The Morgan fingerprint density at radius 1 is 1.00 bits per heavy atom. The average Bonchev–Trinajstić information content (AvgIpc) is 2.38. The Hall–Kier alpha value is -1.00. The quantitative estimate of drug-likeness (QED) is 0.656. The van der Waals surface area contributed by atoms with Crippen LogP contribution in [0.2, 0.25) is 0 Å². The Morgan fingerprint density at radius 2 is 1.55 bits per heavy atom. The summed E-state index contributed by atoms with van der Waals surface area (Å²) >= 11 is 0. The van der Waals surface area contributed by atoms with Gasteiger partial charge in [-0.05, 0) is 19.2 Å². The van der Waals surface area contributed by atoms with Crippen molar-refractivity contribution in [3.05, 3.63) is 24.3 Å². The van der Waals surface area contributed by atoms with E-state index in [2.05, 4.69) is 10.0 Å². The number of nitrogens with one attached hydrogen (secondary N) is 2. The van der Waals surface area contributed by atoms with Gasteiger partial charge in [0.15, 0.2) is 0 Å². The van der Waals surface area contributed by atoms with Crippen LogP contribution in [0.5, 0.6) is 0 Å². The minimum absolute atomic E-state index is 0.176. The van der Waals surface area contributed by atoms with E-state index in [9.17, 15) is 16.8 Å². The highest BCUT2D eigenvalue weighted by molar-refractivity contribution is 7.92. The first-order valence-electron chi connectivity index (χ1n) is 5.89. The Labute approximate surface area is 120 Å². The van der Waals surface area contributed by atoms with Crippen LogP contribution >= 0.6 is 0 Å². The molecule has 7 nitrogen and oxygen atoms in total. The topological polar surface area (TPSA) is 95.6 Å². The van der Waals surface area contributed by atoms with Crippen molar-refractivity contribution in [1.29, 1.82) is 0 Å². The van der Waals surface area contributed by atoms with Crippen molar-refractivity contribution < 1.29 is 16.8 Å². The van der Waals surface area contributed by atoms with Crippen molar-refractivity contribution in [2.75, 3.05) is 34.2 Å². The van der Waals surface area contributed by atoms with Gasteiger partial charge in [0.2, 0.25) is 20.0 Å². The molecule has 0 atom stereocenters. The lowest BCUT2D eigenvalue weighted by Crippen LogP contribution is -2.32. The first kappa shape index (κ1) is 17.1. The Balaban J connectivity index is 3.27. The van der Waals surface area contributed by atoms with Gasteiger partial charge in [0.25, 0.3) is 0 Å². The summed E-state index contributed by atoms with van der Waals surface area (Å²) in [6, 6.07) is 5.53. The molecule has 0 bridgehead atoms. The molecule has 1 aromatic rings. The average molecular weight is 321 g/mol. The van der Waals surface area contributed by atoms with Crippen LogP contribution in [0.25, 0.3) is 0 Å². The van der Waals surface area contributed by atoms with Crippen LogP contribution in [0.15, 0.2) is 34.1 Å². The second kappa shape index (κ2) is 6.64. The number of hydrogen-bond acceptors (Lipinski definition) is 5. The molecule has 0 spiro atoms. The van der Waals surface area contributed by atoms with Gasteiger partial charge in [0.05, 0.1) is 0 Å². The van der Waals surface area contributed by atoms with Gasteiger partial charge in [-0.3, -0.25) is 0 Å². The molecule has 1 rings (SSSR count). The van der Waals surface area contributed by atoms with Crippen molar-refractivity contribution in [1.82, 2.24) is 14.3 Å². The number of likely N-dealkylation sites (N-methyl/N-ethyl adjacent to an activating group) is 1. The molecule has 2 N–H and O–H groups in total. The van der Waals surface area contributed by atoms with Crippen LogP contribution in [0.4, 0.5) is 0 Å². The van der Waals surface area contributed by atoms with E-state index in [1.54, 1.807) is 7.05 Å². The van der Waals surface area contributed by atoms with Crippen molar-refractivity contribution in [2.24, 2.45) is 0 Å². The molecule has 20 heavy (non-hydrogen) atoms. The van der Waals surface area contributed by atoms with E-state index in [-0.39, 0.29) is 16.3 Å². The highest BCUT2D eigenvalue weighted by Crippen LogP contribution is 2.22. The normalized spacial score (nSPS) is 12.8. The van der Waals surface area contributed by atoms with E-state index in [0.29, 0.717) is 6.54 Å². The Kier molecular flexibility index (Phi) is 5.66. The van der Waals surface area contributed by atoms with Gasteiger partial charge in [-0.25, -0.2) is 25.9 Å². The summed E-state index contributed by atoms with van der Waals surface area (Å²) in [7, 11) is -3.30. The zero-order valence-corrected chi connectivity index (χ0v) is 13.3. The van der Waals surface area contributed by atoms with Gasteiger partial charge in [-0.2, -0.15) is 0 Å². The lowest BCUT2D eigenvalue weighted by atomic mass is 10.4. The van der Waals surface area contributed by atoms with E-state index in [4.69, 9.17) is 0 Å². The molecule has 0 heterocycles. The maximum absolute atomic E-state index is 12.2. The number of sulfonamides is 2. The molecule has 0 saturated heterocycles. The molecule has 0 fully saturated rings. The van der Waals surface area contributed by atoms with Crippen LogP contribution in [0, 0.1) is 0 Å². The lowest BCUT2D eigenvalue weighted by Gasteiger charge is -2.15. The van der Waals surface area contributed by atoms with E-state index >= 15 is 0 Å². The Morgan fingerprint density at radius 3 is 2.05 bits per heavy atom. The van der Waals surface area contributed by atoms with Crippen molar-refractivity contribution in [3.63, 3.8) is 0 Å². The monoisotopic (exact) mass is 321 g/mol. The fraction of sp³-hybridized carbons (Fsp3) is 0.455. The van der Waals surface area contributed by atoms with E-state index in [1.807, 2.05) is 0 Å². The summed E-state index contributed by atoms with van der Waals surface area (Å²) in [5.74, 6) is 0. The zero-order valence-electron chi connectivity index (χ0n) is 11.6. The molecule has 0 radical (unpaired) electrons. The first-order valence-corrected chi connectivity index (χ1v) is 8.81. The van der Waals surface area contributed by atoms with E-state index in [1.165, 1.54) is 38.4 Å². The Bertz CT molecular complexity index is 654. The fourth-order valence-electron chi connectivity index (χ4n) is 1.47. The largest absolute Gasteiger partial charge is 0.318 e. The zero-order chi connectivity index (χ0) is 15.4. The van der Waals surface area contributed by atoms with Gasteiger partial charge < -0.3 is 5.32 Å². The highest BCUT2D eigenvalue weighted by atomic mass is 32.2. The standard InChI is InChI=1S/C11H19N3O4S2/c1-12-8-9-13-19(15,16)10-6-4-5-7-11(10)20(17,18)14(2)3/h4-7,12-13H,8-9H2,1-3H3.